The van der Waals surface area contributed by atoms with Crippen LogP contribution in [0.15, 0.2) is 24.3 Å². The Labute approximate surface area is 153 Å². The Bertz CT molecular complexity index is 736. The molecule has 1 aromatic carbocycles. The number of hydrogen-bond acceptors (Lipinski definition) is 3. The smallest absolute Gasteiger partial charge is 0.394 e. The second kappa shape index (κ2) is 7.85. The van der Waals surface area contributed by atoms with Gasteiger partial charge in [0.05, 0.1) is 11.8 Å². The third-order valence-electron chi connectivity index (χ3n) is 4.13. The van der Waals surface area contributed by atoms with Crippen LogP contribution in [0.2, 0.25) is 0 Å². The van der Waals surface area contributed by atoms with Gasteiger partial charge in [0.15, 0.2) is 0 Å². The number of alkyl halides is 3. The van der Waals surface area contributed by atoms with Gasteiger partial charge < -0.3 is 20.6 Å². The molecule has 0 bridgehead atoms. The molecule has 27 heavy (non-hydrogen) atoms. The summed E-state index contributed by atoms with van der Waals surface area (Å²) in [5.41, 5.74) is 0.352. The van der Waals surface area contributed by atoms with Crippen LogP contribution in [0.5, 0.6) is 0 Å². The predicted molar refractivity (Wildman–Crippen MR) is 90.3 cm³/mol. The summed E-state index contributed by atoms with van der Waals surface area (Å²) in [7, 11) is 0. The summed E-state index contributed by atoms with van der Waals surface area (Å²) in [6.45, 7) is 2.29. The second-order valence-electron chi connectivity index (χ2n) is 6.64. The molecular weight excluding hydrogens is 367 g/mol. The van der Waals surface area contributed by atoms with E-state index < -0.39 is 49.0 Å². The summed E-state index contributed by atoms with van der Waals surface area (Å²) in [6.07, 6.45) is -4.71. The Morgan fingerprint density at radius 1 is 1.22 bits per heavy atom. The third kappa shape index (κ3) is 5.11. The Morgan fingerprint density at radius 2 is 1.89 bits per heavy atom. The molecule has 1 aromatic rings. The first-order valence-electron chi connectivity index (χ1n) is 8.25. The monoisotopic (exact) mass is 387 g/mol. The number of nitrogens with zero attached hydrogens (tertiary/aromatic N) is 1. The van der Waals surface area contributed by atoms with Crippen molar-refractivity contribution < 1.29 is 32.7 Å². The predicted octanol–water partition coefficient (Wildman–Crippen LogP) is 2.55. The molecule has 0 aliphatic carbocycles. The van der Waals surface area contributed by atoms with E-state index in [4.69, 9.17) is 5.11 Å². The summed E-state index contributed by atoms with van der Waals surface area (Å²) in [5.74, 6) is -6.13. The van der Waals surface area contributed by atoms with Gasteiger partial charge in [-0.2, -0.15) is 13.2 Å². The quantitative estimate of drug-likeness (QED) is 0.739. The molecule has 10 heteroatoms. The molecule has 3 amide bonds. The van der Waals surface area contributed by atoms with Gasteiger partial charge in [0, 0.05) is 30.4 Å². The number of benzene rings is 1. The number of rotatable bonds is 4. The van der Waals surface area contributed by atoms with E-state index in [1.807, 2.05) is 0 Å². The average Bonchev–Trinajstić information content (AvgIpc) is 2.99. The van der Waals surface area contributed by atoms with Crippen molar-refractivity contribution in [3.05, 3.63) is 29.8 Å². The molecule has 0 radical (unpaired) electrons. The zero-order chi connectivity index (χ0) is 20.4. The summed E-state index contributed by atoms with van der Waals surface area (Å²) < 4.78 is 39.2. The lowest BCUT2D eigenvalue weighted by Crippen LogP contribution is -2.34. The topological polar surface area (TPSA) is 98.7 Å². The first kappa shape index (κ1) is 20.5. The molecule has 0 spiro atoms. The van der Waals surface area contributed by atoms with Gasteiger partial charge in [-0.25, -0.2) is 4.79 Å². The number of aliphatic carboxylic acids is 1. The number of nitrogens with one attached hydrogen (secondary N) is 2. The van der Waals surface area contributed by atoms with Crippen LogP contribution < -0.4 is 10.6 Å². The molecule has 2 rings (SSSR count). The van der Waals surface area contributed by atoms with Gasteiger partial charge in [0.2, 0.25) is 0 Å². The van der Waals surface area contributed by atoms with Crippen molar-refractivity contribution in [3.63, 3.8) is 0 Å². The normalized spacial score (nSPS) is 19.9. The van der Waals surface area contributed by atoms with E-state index in [1.165, 1.54) is 24.3 Å². The number of carbonyl (C=O) groups excluding carboxylic acids is 2. The number of urea groups is 1. The van der Waals surface area contributed by atoms with Crippen molar-refractivity contribution in [1.29, 1.82) is 0 Å². The van der Waals surface area contributed by atoms with E-state index in [2.05, 4.69) is 10.6 Å². The molecule has 1 heterocycles. The molecular formula is C17H20F3N3O4. The number of carbonyl (C=O) groups is 3. The fourth-order valence-corrected chi connectivity index (χ4v) is 2.89. The first-order chi connectivity index (χ1) is 12.5. The highest BCUT2D eigenvalue weighted by Crippen LogP contribution is 2.38. The second-order valence-corrected chi connectivity index (χ2v) is 6.64. The summed E-state index contributed by atoms with van der Waals surface area (Å²) in [6, 6.07) is 5.14. The molecule has 1 saturated heterocycles. The van der Waals surface area contributed by atoms with E-state index in [-0.39, 0.29) is 11.6 Å². The lowest BCUT2D eigenvalue weighted by Gasteiger charge is -2.18. The maximum atomic E-state index is 13.1. The highest BCUT2D eigenvalue weighted by atomic mass is 19.4. The Morgan fingerprint density at radius 3 is 2.41 bits per heavy atom. The molecule has 0 unspecified atom stereocenters. The minimum absolute atomic E-state index is 0.0595. The van der Waals surface area contributed by atoms with Crippen LogP contribution in [0.1, 0.15) is 24.2 Å². The molecule has 148 valence electrons. The van der Waals surface area contributed by atoms with Gasteiger partial charge in [-0.3, -0.25) is 9.59 Å². The first-order valence-corrected chi connectivity index (χ1v) is 8.25. The Balaban J connectivity index is 2.15. The number of anilines is 1. The molecule has 3 N–H and O–H groups in total. The number of likely N-dealkylation sites (tertiary alicyclic amines) is 1. The number of carboxylic acids is 1. The van der Waals surface area contributed by atoms with Crippen molar-refractivity contribution in [2.75, 3.05) is 18.4 Å². The lowest BCUT2D eigenvalue weighted by atomic mass is 9.96. The number of amides is 3. The van der Waals surface area contributed by atoms with Crippen LogP contribution in [0.3, 0.4) is 0 Å². The van der Waals surface area contributed by atoms with Crippen LogP contribution in [0, 0.1) is 11.8 Å². The standard InChI is InChI=1S/C17H20F3N3O4/c1-9(2)21-16(27)22-11-5-3-4-10(6-11)14(24)23-7-12(15(25)26)13(8-23)17(18,19)20/h3-6,9,12-13H,7-8H2,1-2H3,(H,25,26)(H2,21,22,27)/t12-,13-/m1/s1. The maximum Gasteiger partial charge on any atom is 0.394 e. The third-order valence-corrected chi connectivity index (χ3v) is 4.13. The molecule has 0 saturated carbocycles. The van der Waals surface area contributed by atoms with E-state index in [0.29, 0.717) is 5.69 Å². The Kier molecular flexibility index (Phi) is 5.97. The zero-order valence-electron chi connectivity index (χ0n) is 14.7. The van der Waals surface area contributed by atoms with E-state index in [1.54, 1.807) is 13.8 Å². The fraction of sp³-hybridized carbons (Fsp3) is 0.471. The van der Waals surface area contributed by atoms with Crippen LogP contribution in [0.25, 0.3) is 0 Å². The van der Waals surface area contributed by atoms with E-state index >= 15 is 0 Å². The SMILES string of the molecule is CC(C)NC(=O)Nc1cccc(C(=O)N2C[C@@H](C(F)(F)F)[C@H](C(=O)O)C2)c1. The van der Waals surface area contributed by atoms with Gasteiger partial charge in [0.1, 0.15) is 0 Å². The van der Waals surface area contributed by atoms with Gasteiger partial charge in [0.25, 0.3) is 5.91 Å². The number of carboxylic acid groups (broad SMARTS) is 1. The van der Waals surface area contributed by atoms with Crippen molar-refractivity contribution in [1.82, 2.24) is 10.2 Å². The van der Waals surface area contributed by atoms with Crippen molar-refractivity contribution in [3.8, 4) is 0 Å². The molecule has 2 atom stereocenters. The molecule has 7 nitrogen and oxygen atoms in total. The minimum atomic E-state index is -4.71. The van der Waals surface area contributed by atoms with Crippen LogP contribution in [0.4, 0.5) is 23.7 Å². The molecule has 0 aromatic heterocycles. The van der Waals surface area contributed by atoms with Gasteiger partial charge >= 0.3 is 18.2 Å². The van der Waals surface area contributed by atoms with E-state index in [0.717, 1.165) is 4.90 Å². The molecule has 1 fully saturated rings. The zero-order valence-corrected chi connectivity index (χ0v) is 14.7. The number of hydrogen-bond donors (Lipinski definition) is 3. The Hall–Kier alpha value is -2.78. The fourth-order valence-electron chi connectivity index (χ4n) is 2.89. The highest BCUT2D eigenvalue weighted by Gasteiger charge is 2.53. The lowest BCUT2D eigenvalue weighted by molar-refractivity contribution is -0.187. The van der Waals surface area contributed by atoms with Crippen LogP contribution >= 0.6 is 0 Å². The molecule has 1 aliphatic heterocycles. The van der Waals surface area contributed by atoms with Gasteiger partial charge in [-0.15, -0.1) is 0 Å². The van der Waals surface area contributed by atoms with Crippen molar-refractivity contribution >= 4 is 23.6 Å². The van der Waals surface area contributed by atoms with Crippen molar-refractivity contribution in [2.45, 2.75) is 26.1 Å². The van der Waals surface area contributed by atoms with Crippen LogP contribution in [-0.2, 0) is 4.79 Å². The van der Waals surface area contributed by atoms with Gasteiger partial charge in [-0.05, 0) is 32.0 Å². The summed E-state index contributed by atoms with van der Waals surface area (Å²) in [5, 5.41) is 14.2. The highest BCUT2D eigenvalue weighted by molar-refractivity contribution is 5.97. The van der Waals surface area contributed by atoms with Gasteiger partial charge in [-0.1, -0.05) is 6.07 Å². The largest absolute Gasteiger partial charge is 0.481 e. The average molecular weight is 387 g/mol. The summed E-state index contributed by atoms with van der Waals surface area (Å²) in [4.78, 5) is 36.3. The maximum absolute atomic E-state index is 13.1. The number of halogens is 3. The molecule has 1 aliphatic rings. The minimum Gasteiger partial charge on any atom is -0.481 e. The van der Waals surface area contributed by atoms with Crippen LogP contribution in [-0.4, -0.2) is 53.2 Å². The van der Waals surface area contributed by atoms with E-state index in [9.17, 15) is 27.6 Å². The van der Waals surface area contributed by atoms with Crippen molar-refractivity contribution in [2.24, 2.45) is 11.8 Å². The summed E-state index contributed by atoms with van der Waals surface area (Å²) >= 11 is 0.